The first-order chi connectivity index (χ1) is 19.5. The Morgan fingerprint density at radius 2 is 1.66 bits per heavy atom. The van der Waals surface area contributed by atoms with Gasteiger partial charge in [-0.2, -0.15) is 0 Å². The van der Waals surface area contributed by atoms with Crippen LogP contribution < -0.4 is 14.4 Å². The number of hydrogen-bond donors (Lipinski definition) is 3. The van der Waals surface area contributed by atoms with Gasteiger partial charge in [0.25, 0.3) is 5.91 Å². The van der Waals surface area contributed by atoms with Crippen molar-refractivity contribution in [3.8, 4) is 5.75 Å². The second-order valence-electron chi connectivity index (χ2n) is 9.69. The molecule has 0 aromatic heterocycles. The number of aliphatic hydroxyl groups is 1. The number of carbonyl (C=O) groups excluding carboxylic acids is 1. The maximum absolute atomic E-state index is 13.3. The molecule has 0 aliphatic rings. The van der Waals surface area contributed by atoms with Crippen LogP contribution in [0.2, 0.25) is 0 Å². The monoisotopic (exact) mass is 583 g/mol. The summed E-state index contributed by atoms with van der Waals surface area (Å²) in [5.74, 6) is 0.0296. The predicted octanol–water partition coefficient (Wildman–Crippen LogP) is 3.75. The molecule has 0 saturated carbocycles. The van der Waals surface area contributed by atoms with Crippen LogP contribution in [0.3, 0.4) is 0 Å². The van der Waals surface area contributed by atoms with Crippen molar-refractivity contribution in [2.24, 2.45) is 0 Å². The summed E-state index contributed by atoms with van der Waals surface area (Å²) in [5.41, 5.74) is 2.06. The zero-order chi connectivity index (χ0) is 30.0. The van der Waals surface area contributed by atoms with Crippen LogP contribution in [0.25, 0.3) is 0 Å². The molecule has 0 radical (unpaired) electrons. The van der Waals surface area contributed by atoms with E-state index in [-0.39, 0.29) is 30.8 Å². The zero-order valence-electron chi connectivity index (χ0n) is 23.4. The first kappa shape index (κ1) is 31.4. The van der Waals surface area contributed by atoms with E-state index in [0.29, 0.717) is 23.4 Å². The molecule has 41 heavy (non-hydrogen) atoms. The number of aliphatic hydroxyl groups excluding tert-OH is 1. The van der Waals surface area contributed by atoms with Gasteiger partial charge in [-0.3, -0.25) is 9.10 Å². The average Bonchev–Trinajstić information content (AvgIpc) is 2.96. The first-order valence-electron chi connectivity index (χ1n) is 13.2. The number of carbonyl (C=O) groups is 2. The largest absolute Gasteiger partial charge is 0.497 e. The summed E-state index contributed by atoms with van der Waals surface area (Å²) in [5, 5.41) is 24.0. The summed E-state index contributed by atoms with van der Waals surface area (Å²) in [7, 11) is -0.585. The van der Waals surface area contributed by atoms with E-state index in [2.05, 4.69) is 5.32 Å². The molecule has 0 heterocycles. The first-order valence-corrected chi connectivity index (χ1v) is 14.8. The van der Waals surface area contributed by atoms with Gasteiger partial charge >= 0.3 is 6.09 Å². The Morgan fingerprint density at radius 3 is 2.32 bits per heavy atom. The number of sulfonamides is 1. The van der Waals surface area contributed by atoms with Crippen LogP contribution in [-0.2, 0) is 23.0 Å². The van der Waals surface area contributed by atoms with Crippen molar-refractivity contribution in [2.75, 3.05) is 30.8 Å². The maximum Gasteiger partial charge on any atom is 0.407 e. The third-order valence-corrected chi connectivity index (χ3v) is 8.59. The van der Waals surface area contributed by atoms with Gasteiger partial charge in [0.15, 0.2) is 0 Å². The number of carboxylic acid groups (broad SMARTS) is 1. The van der Waals surface area contributed by atoms with Crippen LogP contribution in [0.15, 0.2) is 78.9 Å². The van der Waals surface area contributed by atoms with Crippen LogP contribution in [0.5, 0.6) is 5.75 Å². The zero-order valence-corrected chi connectivity index (χ0v) is 24.3. The Hall–Kier alpha value is -4.09. The molecule has 2 amide bonds. The lowest BCUT2D eigenvalue weighted by Gasteiger charge is -2.29. The van der Waals surface area contributed by atoms with E-state index < -0.39 is 34.2 Å². The van der Waals surface area contributed by atoms with Gasteiger partial charge in [-0.25, -0.2) is 13.2 Å². The molecule has 3 rings (SSSR count). The van der Waals surface area contributed by atoms with Crippen LogP contribution in [0, 0.1) is 0 Å². The molecule has 11 heteroatoms. The highest BCUT2D eigenvalue weighted by molar-refractivity contribution is 7.92. The molecule has 0 unspecified atom stereocenters. The molecule has 3 N–H and O–H groups in total. The van der Waals surface area contributed by atoms with E-state index in [9.17, 15) is 28.2 Å². The van der Waals surface area contributed by atoms with Crippen molar-refractivity contribution in [3.63, 3.8) is 0 Å². The van der Waals surface area contributed by atoms with Gasteiger partial charge in [0.2, 0.25) is 10.0 Å². The number of anilines is 1. The second kappa shape index (κ2) is 14.5. The minimum atomic E-state index is -3.54. The molecule has 2 atom stereocenters. The molecular formula is C30H37N3O7S. The van der Waals surface area contributed by atoms with Crippen LogP contribution in [0.1, 0.15) is 34.8 Å². The van der Waals surface area contributed by atoms with Crippen molar-refractivity contribution >= 4 is 27.7 Å². The van der Waals surface area contributed by atoms with Crippen molar-refractivity contribution in [2.45, 2.75) is 38.5 Å². The molecule has 10 nitrogen and oxygen atoms in total. The van der Waals surface area contributed by atoms with E-state index in [1.165, 1.54) is 20.2 Å². The number of amides is 2. The lowest BCUT2D eigenvalue weighted by Crippen LogP contribution is -2.50. The summed E-state index contributed by atoms with van der Waals surface area (Å²) in [4.78, 5) is 26.5. The van der Waals surface area contributed by atoms with E-state index >= 15 is 0 Å². The number of ether oxygens (including phenoxy) is 1. The topological polar surface area (TPSA) is 136 Å². The molecule has 0 saturated heterocycles. The average molecular weight is 584 g/mol. The molecule has 0 spiro atoms. The number of benzene rings is 3. The Bertz CT molecular complexity index is 1420. The summed E-state index contributed by atoms with van der Waals surface area (Å²) >= 11 is 0. The van der Waals surface area contributed by atoms with Gasteiger partial charge in [0.1, 0.15) is 5.75 Å². The van der Waals surface area contributed by atoms with Crippen molar-refractivity contribution in [3.05, 3.63) is 95.6 Å². The third-order valence-electron chi connectivity index (χ3n) is 6.62. The lowest BCUT2D eigenvalue weighted by atomic mass is 10.00. The summed E-state index contributed by atoms with van der Waals surface area (Å²) in [6.45, 7) is 1.52. The van der Waals surface area contributed by atoms with Crippen molar-refractivity contribution in [1.82, 2.24) is 10.2 Å². The lowest BCUT2D eigenvalue weighted by molar-refractivity contribution is 0.0640. The molecule has 0 fully saturated rings. The molecule has 220 valence electrons. The smallest absolute Gasteiger partial charge is 0.407 e. The van der Waals surface area contributed by atoms with Gasteiger partial charge in [0, 0.05) is 19.2 Å². The second-order valence-corrected chi connectivity index (χ2v) is 11.8. The Labute approximate surface area is 241 Å². The normalized spacial score (nSPS) is 12.7. The maximum atomic E-state index is 13.3. The SMILES string of the molecule is CCCS(=O)(=O)N(C)c1cccc(C(=O)N[C@@H](Cc2ccccc2)[C@@H](O)CN(Cc2cccc(OC)c2)C(=O)O)c1. The number of nitrogens with one attached hydrogen (secondary N) is 1. The standard InChI is InChI=1S/C30H37N3O7S/c1-4-16-41(38,39)32(2)25-14-9-13-24(19-25)29(35)31-27(18-22-10-6-5-7-11-22)28(34)21-33(30(36)37)20-23-12-8-15-26(17-23)40-3/h5-15,17,19,27-28,34H,4,16,18,20-21H2,1-3H3,(H,31,35)(H,36,37)/t27-,28-/m0/s1. The molecule has 3 aromatic rings. The highest BCUT2D eigenvalue weighted by Crippen LogP contribution is 2.20. The highest BCUT2D eigenvalue weighted by atomic mass is 32.2. The van der Waals surface area contributed by atoms with E-state index in [1.807, 2.05) is 30.3 Å². The fraction of sp³-hybridized carbons (Fsp3) is 0.333. The molecule has 0 bridgehead atoms. The minimum Gasteiger partial charge on any atom is -0.497 e. The van der Waals surface area contributed by atoms with Crippen LogP contribution >= 0.6 is 0 Å². The van der Waals surface area contributed by atoms with Gasteiger partial charge in [-0.1, -0.05) is 55.5 Å². The molecular weight excluding hydrogens is 546 g/mol. The third kappa shape index (κ3) is 8.95. The number of nitrogens with zero attached hydrogens (tertiary/aromatic N) is 2. The fourth-order valence-corrected chi connectivity index (χ4v) is 5.58. The molecule has 0 aliphatic heterocycles. The quantitative estimate of drug-likeness (QED) is 0.263. The van der Waals surface area contributed by atoms with Crippen molar-refractivity contribution in [1.29, 1.82) is 0 Å². The van der Waals surface area contributed by atoms with Gasteiger partial charge < -0.3 is 25.2 Å². The van der Waals surface area contributed by atoms with E-state index in [0.717, 1.165) is 14.8 Å². The summed E-state index contributed by atoms with van der Waals surface area (Å²) < 4.78 is 31.4. The Balaban J connectivity index is 1.83. The number of methoxy groups -OCH3 is 1. The Morgan fingerprint density at radius 1 is 0.976 bits per heavy atom. The van der Waals surface area contributed by atoms with E-state index in [1.54, 1.807) is 49.4 Å². The van der Waals surface area contributed by atoms with Crippen molar-refractivity contribution < 1.29 is 33.0 Å². The van der Waals surface area contributed by atoms with Gasteiger partial charge in [0.05, 0.1) is 37.2 Å². The van der Waals surface area contributed by atoms with E-state index in [4.69, 9.17) is 4.74 Å². The summed E-state index contributed by atoms with van der Waals surface area (Å²) in [6.07, 6.45) is -1.78. The number of rotatable bonds is 14. The van der Waals surface area contributed by atoms with Gasteiger partial charge in [-0.15, -0.1) is 0 Å². The minimum absolute atomic E-state index is 0.0101. The fourth-order valence-electron chi connectivity index (χ4n) is 4.36. The molecule has 3 aromatic carbocycles. The van der Waals surface area contributed by atoms with Gasteiger partial charge in [-0.05, 0) is 54.3 Å². The van der Waals surface area contributed by atoms with Crippen LogP contribution in [-0.4, -0.2) is 74.1 Å². The molecule has 0 aliphatic carbocycles. The summed E-state index contributed by atoms with van der Waals surface area (Å²) in [6, 6.07) is 21.6. The highest BCUT2D eigenvalue weighted by Gasteiger charge is 2.27. The van der Waals surface area contributed by atoms with Crippen LogP contribution in [0.4, 0.5) is 10.5 Å². The Kier molecular flexibility index (Phi) is 11.1. The number of hydrogen-bond acceptors (Lipinski definition) is 6. The predicted molar refractivity (Wildman–Crippen MR) is 158 cm³/mol.